The van der Waals surface area contributed by atoms with Gasteiger partial charge in [0.2, 0.25) is 5.78 Å². The average molecular weight is 531 g/mol. The van der Waals surface area contributed by atoms with Gasteiger partial charge in [-0.3, -0.25) is 14.5 Å². The van der Waals surface area contributed by atoms with Crippen molar-refractivity contribution in [1.82, 2.24) is 14.5 Å². The summed E-state index contributed by atoms with van der Waals surface area (Å²) in [5.41, 5.74) is -1.21. The number of amides is 1. The number of aliphatic hydroxyl groups is 1. The molecule has 1 atom stereocenters. The smallest absolute Gasteiger partial charge is 0.257 e. The van der Waals surface area contributed by atoms with Crippen molar-refractivity contribution in [2.45, 2.75) is 26.1 Å². The van der Waals surface area contributed by atoms with Crippen LogP contribution < -0.4 is 0 Å². The lowest BCUT2D eigenvalue weighted by Gasteiger charge is -2.35. The molecule has 0 saturated heterocycles. The van der Waals surface area contributed by atoms with Crippen molar-refractivity contribution in [3.8, 4) is 6.07 Å². The zero-order chi connectivity index (χ0) is 27.6. The first-order chi connectivity index (χ1) is 18.2. The zero-order valence-electron chi connectivity index (χ0n) is 20.9. The Balaban J connectivity index is 0.00000164. The molecule has 0 saturated carbocycles. The van der Waals surface area contributed by atoms with Crippen LogP contribution in [-0.4, -0.2) is 31.2 Å². The number of carbonyl (C=O) groups excluding carboxylic acids is 2. The van der Waals surface area contributed by atoms with Crippen LogP contribution in [0.2, 0.25) is 5.02 Å². The molecule has 1 amide bonds. The van der Waals surface area contributed by atoms with Crippen molar-refractivity contribution < 1.29 is 19.1 Å². The van der Waals surface area contributed by atoms with Crippen LogP contribution in [0.3, 0.4) is 0 Å². The van der Waals surface area contributed by atoms with E-state index in [4.69, 9.17) is 16.9 Å². The number of nitriles is 1. The van der Waals surface area contributed by atoms with Crippen molar-refractivity contribution in [1.29, 1.82) is 5.26 Å². The molecule has 1 aliphatic heterocycles. The molecule has 0 bridgehead atoms. The molecule has 9 heteroatoms. The third-order valence-corrected chi connectivity index (χ3v) is 6.43. The van der Waals surface area contributed by atoms with Crippen molar-refractivity contribution in [3.05, 3.63) is 123 Å². The summed E-state index contributed by atoms with van der Waals surface area (Å²) >= 11 is 6.03. The molecular formula is C29H24ClFN4O3. The first kappa shape index (κ1) is 26.7. The zero-order valence-corrected chi connectivity index (χ0v) is 21.7. The highest BCUT2D eigenvalue weighted by atomic mass is 35.5. The van der Waals surface area contributed by atoms with E-state index < -0.39 is 23.2 Å². The summed E-state index contributed by atoms with van der Waals surface area (Å²) in [5.74, 6) is -2.10. The summed E-state index contributed by atoms with van der Waals surface area (Å²) in [6, 6.07) is 16.9. The number of hydrogen-bond acceptors (Lipinski definition) is 5. The maximum atomic E-state index is 15.7. The summed E-state index contributed by atoms with van der Waals surface area (Å²) in [6.45, 7) is 3.92. The van der Waals surface area contributed by atoms with Crippen LogP contribution in [-0.2, 0) is 19.3 Å². The number of benzene rings is 3. The first-order valence-corrected chi connectivity index (χ1v) is 12.3. The summed E-state index contributed by atoms with van der Waals surface area (Å²) < 4.78 is 17.3. The molecule has 2 heterocycles. The van der Waals surface area contributed by atoms with Crippen LogP contribution in [0.15, 0.2) is 73.2 Å². The number of aryl methyl sites for hydroxylation is 1. The number of fused-ring (bicyclic) bond motifs is 1. The van der Waals surface area contributed by atoms with Crippen LogP contribution in [0.5, 0.6) is 0 Å². The number of halogens is 2. The fraction of sp³-hybridized carbons (Fsp3) is 0.172. The Hall–Kier alpha value is -4.32. The van der Waals surface area contributed by atoms with Gasteiger partial charge in [-0.2, -0.15) is 5.26 Å². The molecule has 1 unspecified atom stereocenters. The molecule has 38 heavy (non-hydrogen) atoms. The Labute approximate surface area is 224 Å². The summed E-state index contributed by atoms with van der Waals surface area (Å²) in [5, 5.41) is 21.5. The Morgan fingerprint density at radius 3 is 2.37 bits per heavy atom. The van der Waals surface area contributed by atoms with Crippen LogP contribution >= 0.6 is 11.6 Å². The molecule has 1 N–H and O–H groups in total. The van der Waals surface area contributed by atoms with Crippen molar-refractivity contribution in [2.24, 2.45) is 7.05 Å². The van der Waals surface area contributed by atoms with E-state index in [0.29, 0.717) is 16.1 Å². The standard InChI is InChI=1S/C27H18ClFN4O3.C2H6/c1-32-14-23(31-15-32)25(34)18-10-21-24(22(29)11-18)27(36,19-6-8-20(28)9-7-19)33(26(21)35)13-17-4-2-16(12-30)3-5-17;1-2/h2-11,14-15,36H,13H2,1H3;1-2H3. The predicted octanol–water partition coefficient (Wildman–Crippen LogP) is 5.19. The lowest BCUT2D eigenvalue weighted by Crippen LogP contribution is -2.44. The van der Waals surface area contributed by atoms with E-state index in [2.05, 4.69) is 4.98 Å². The number of imidazole rings is 1. The maximum absolute atomic E-state index is 15.7. The molecular weight excluding hydrogens is 507 g/mol. The Morgan fingerprint density at radius 1 is 1.13 bits per heavy atom. The molecule has 3 aromatic carbocycles. The summed E-state index contributed by atoms with van der Waals surface area (Å²) in [7, 11) is 1.70. The normalized spacial score (nSPS) is 15.9. The molecule has 0 aliphatic carbocycles. The number of carbonyl (C=O) groups is 2. The molecule has 4 aromatic rings. The van der Waals surface area contributed by atoms with Crippen molar-refractivity contribution in [3.63, 3.8) is 0 Å². The first-order valence-electron chi connectivity index (χ1n) is 11.9. The fourth-order valence-corrected chi connectivity index (χ4v) is 4.53. The maximum Gasteiger partial charge on any atom is 0.257 e. The van der Waals surface area contributed by atoms with Gasteiger partial charge in [0.1, 0.15) is 11.5 Å². The molecule has 5 rings (SSSR count). The molecule has 192 valence electrons. The highest BCUT2D eigenvalue weighted by molar-refractivity contribution is 6.30. The van der Waals surface area contributed by atoms with Gasteiger partial charge in [-0.15, -0.1) is 0 Å². The molecule has 7 nitrogen and oxygen atoms in total. The molecule has 1 aliphatic rings. The Bertz CT molecular complexity index is 1560. The van der Waals surface area contributed by atoms with Gasteiger partial charge in [-0.05, 0) is 42.0 Å². The molecule has 1 aromatic heterocycles. The van der Waals surface area contributed by atoms with Gasteiger partial charge in [0.05, 0.1) is 29.1 Å². The van der Waals surface area contributed by atoms with E-state index in [1.807, 2.05) is 19.9 Å². The van der Waals surface area contributed by atoms with Crippen LogP contribution in [0, 0.1) is 17.1 Å². The largest absolute Gasteiger partial charge is 0.363 e. The minimum Gasteiger partial charge on any atom is -0.363 e. The average Bonchev–Trinajstić information content (AvgIpc) is 3.46. The van der Waals surface area contributed by atoms with E-state index in [-0.39, 0.29) is 34.5 Å². The third-order valence-electron chi connectivity index (χ3n) is 6.18. The number of nitrogens with zero attached hydrogens (tertiary/aromatic N) is 4. The van der Waals surface area contributed by atoms with Gasteiger partial charge >= 0.3 is 0 Å². The SMILES string of the molecule is CC.Cn1cnc(C(=O)c2cc(F)c3c(c2)C(=O)N(Cc2ccc(C#N)cc2)C3(O)c2ccc(Cl)cc2)c1. The van der Waals surface area contributed by atoms with Gasteiger partial charge in [0.15, 0.2) is 5.72 Å². The summed E-state index contributed by atoms with van der Waals surface area (Å²) in [6.07, 6.45) is 2.94. The quantitative estimate of drug-likeness (QED) is 0.358. The van der Waals surface area contributed by atoms with Gasteiger partial charge < -0.3 is 9.67 Å². The molecule has 0 fully saturated rings. The van der Waals surface area contributed by atoms with Crippen LogP contribution in [0.1, 0.15) is 62.5 Å². The predicted molar refractivity (Wildman–Crippen MR) is 140 cm³/mol. The number of rotatable bonds is 5. The van der Waals surface area contributed by atoms with Gasteiger partial charge in [-0.1, -0.05) is 49.7 Å². The van der Waals surface area contributed by atoms with Gasteiger partial charge in [-0.25, -0.2) is 9.37 Å². The topological polar surface area (TPSA) is 99.2 Å². The highest BCUT2D eigenvalue weighted by Gasteiger charge is 2.52. The number of aromatic nitrogens is 2. The Morgan fingerprint density at radius 2 is 1.79 bits per heavy atom. The lowest BCUT2D eigenvalue weighted by molar-refractivity contribution is -0.0562. The van der Waals surface area contributed by atoms with Crippen molar-refractivity contribution in [2.75, 3.05) is 0 Å². The monoisotopic (exact) mass is 530 g/mol. The second-order valence-electron chi connectivity index (χ2n) is 8.51. The van der Waals surface area contributed by atoms with E-state index in [9.17, 15) is 14.7 Å². The van der Waals surface area contributed by atoms with Crippen LogP contribution in [0.4, 0.5) is 4.39 Å². The Kier molecular flexibility index (Phi) is 7.44. The van der Waals surface area contributed by atoms with E-state index in [1.165, 1.54) is 42.9 Å². The van der Waals surface area contributed by atoms with Gasteiger partial charge in [0, 0.05) is 35.9 Å². The fourth-order valence-electron chi connectivity index (χ4n) is 4.40. The van der Waals surface area contributed by atoms with Crippen molar-refractivity contribution >= 4 is 23.3 Å². The number of hydrogen-bond donors (Lipinski definition) is 1. The second-order valence-corrected chi connectivity index (χ2v) is 8.95. The number of ketones is 1. The molecule has 0 spiro atoms. The highest BCUT2D eigenvalue weighted by Crippen LogP contribution is 2.45. The minimum atomic E-state index is -2.17. The van der Waals surface area contributed by atoms with Crippen LogP contribution in [0.25, 0.3) is 0 Å². The van der Waals surface area contributed by atoms with Gasteiger partial charge in [0.25, 0.3) is 5.91 Å². The minimum absolute atomic E-state index is 0.0584. The van der Waals surface area contributed by atoms with E-state index in [1.54, 1.807) is 35.9 Å². The molecule has 0 radical (unpaired) electrons. The third kappa shape index (κ3) is 4.58. The summed E-state index contributed by atoms with van der Waals surface area (Å²) in [4.78, 5) is 31.7. The second kappa shape index (κ2) is 10.6. The van der Waals surface area contributed by atoms with E-state index >= 15 is 4.39 Å². The van der Waals surface area contributed by atoms with E-state index in [0.717, 1.165) is 11.0 Å². The lowest BCUT2D eigenvalue weighted by atomic mass is 9.91.